The number of aliphatic hydroxyl groups excluding tert-OH is 2. The molecule has 39 heavy (non-hydrogen) atoms. The fourth-order valence-corrected chi connectivity index (χ4v) is 5.53. The van der Waals surface area contributed by atoms with Crippen molar-refractivity contribution in [3.8, 4) is 23.3 Å². The summed E-state index contributed by atoms with van der Waals surface area (Å²) in [6.07, 6.45) is 13.1. The highest BCUT2D eigenvalue weighted by molar-refractivity contribution is 5.47. The Bertz CT molecular complexity index is 1110. The van der Waals surface area contributed by atoms with E-state index in [9.17, 15) is 15.3 Å². The second-order valence-corrected chi connectivity index (χ2v) is 11.1. The van der Waals surface area contributed by atoms with Crippen molar-refractivity contribution >= 4 is 5.82 Å². The van der Waals surface area contributed by atoms with Crippen molar-refractivity contribution in [2.24, 2.45) is 5.92 Å². The zero-order valence-corrected chi connectivity index (χ0v) is 23.0. The number of aromatic nitrogens is 1. The summed E-state index contributed by atoms with van der Waals surface area (Å²) in [6.45, 7) is 0.536. The smallest absolute Gasteiger partial charge is 0.161 e. The van der Waals surface area contributed by atoms with Crippen LogP contribution in [0.15, 0.2) is 30.5 Å². The first-order valence-corrected chi connectivity index (χ1v) is 14.6. The largest absolute Gasteiger partial charge is 0.504 e. The van der Waals surface area contributed by atoms with Crippen LogP contribution in [-0.2, 0) is 17.8 Å². The van der Waals surface area contributed by atoms with Crippen LogP contribution in [-0.4, -0.2) is 45.2 Å². The van der Waals surface area contributed by atoms with Gasteiger partial charge < -0.3 is 30.5 Å². The van der Waals surface area contributed by atoms with E-state index in [2.05, 4.69) is 16.8 Å². The maximum atomic E-state index is 10.9. The molecular weight excluding hydrogens is 492 g/mol. The molecule has 7 heteroatoms. The maximum absolute atomic E-state index is 10.9. The Morgan fingerprint density at radius 2 is 1.95 bits per heavy atom. The summed E-state index contributed by atoms with van der Waals surface area (Å²) in [5, 5.41) is 30.5. The normalized spacial score (nSPS) is 21.2. The minimum Gasteiger partial charge on any atom is -0.504 e. The molecule has 1 saturated carbocycles. The first-order valence-electron chi connectivity index (χ1n) is 14.6. The van der Waals surface area contributed by atoms with Gasteiger partial charge in [-0.3, -0.25) is 0 Å². The van der Waals surface area contributed by atoms with Crippen molar-refractivity contribution < 1.29 is 24.8 Å². The topological polar surface area (TPSA) is 118 Å². The van der Waals surface area contributed by atoms with E-state index in [0.717, 1.165) is 61.6 Å². The fourth-order valence-electron chi connectivity index (χ4n) is 5.53. The number of aryl methyl sites for hydroxylation is 1. The number of pyridine rings is 1. The van der Waals surface area contributed by atoms with Gasteiger partial charge in [0.2, 0.25) is 0 Å². The predicted octanol–water partition coefficient (Wildman–Crippen LogP) is 5.27. The molecule has 0 unspecified atom stereocenters. The van der Waals surface area contributed by atoms with Gasteiger partial charge in [0.25, 0.3) is 0 Å². The third-order valence-electron chi connectivity index (χ3n) is 7.85. The molecule has 3 atom stereocenters. The highest BCUT2D eigenvalue weighted by Crippen LogP contribution is 2.32. The molecule has 0 spiro atoms. The molecule has 2 aliphatic rings. The first kappa shape index (κ1) is 29.2. The molecule has 212 valence electrons. The molecule has 0 radical (unpaired) electrons. The molecule has 0 bridgehead atoms. The predicted molar refractivity (Wildman–Crippen MR) is 152 cm³/mol. The lowest BCUT2D eigenvalue weighted by molar-refractivity contribution is -0.00385. The van der Waals surface area contributed by atoms with E-state index >= 15 is 0 Å². The SMILES string of the molecule is Nc1cc2c(cn1)CO[C@@H](C[C@H](O)CCc1ccc(O)c(OC3CCCCC3)c1)CCC[C@H](CCCO)C#C2. The van der Waals surface area contributed by atoms with Crippen LogP contribution in [0.5, 0.6) is 11.5 Å². The molecular formula is C32H44N2O5. The first-order chi connectivity index (χ1) is 19.0. The summed E-state index contributed by atoms with van der Waals surface area (Å²) in [5.74, 6) is 8.01. The van der Waals surface area contributed by atoms with Crippen LogP contribution in [0.2, 0.25) is 0 Å². The zero-order chi connectivity index (χ0) is 27.5. The average Bonchev–Trinajstić information content (AvgIpc) is 2.97. The molecule has 1 aromatic heterocycles. The number of nitrogens with two attached hydrogens (primary N) is 1. The Labute approximate surface area is 232 Å². The van der Waals surface area contributed by atoms with E-state index in [4.69, 9.17) is 15.2 Å². The van der Waals surface area contributed by atoms with E-state index in [-0.39, 0.29) is 30.5 Å². The molecule has 1 aromatic carbocycles. The van der Waals surface area contributed by atoms with Crippen LogP contribution >= 0.6 is 0 Å². The summed E-state index contributed by atoms with van der Waals surface area (Å²) in [5.41, 5.74) is 8.69. The van der Waals surface area contributed by atoms with Gasteiger partial charge in [-0.15, -0.1) is 0 Å². The fraction of sp³-hybridized carbons (Fsp3) is 0.594. The number of benzene rings is 1. The van der Waals surface area contributed by atoms with E-state index in [1.807, 2.05) is 12.1 Å². The lowest BCUT2D eigenvalue weighted by Gasteiger charge is -2.24. The number of rotatable bonds is 10. The molecule has 5 N–H and O–H groups in total. The molecule has 2 heterocycles. The van der Waals surface area contributed by atoms with E-state index in [1.54, 1.807) is 18.3 Å². The van der Waals surface area contributed by atoms with Crippen LogP contribution in [0.1, 0.15) is 93.7 Å². The number of aromatic hydroxyl groups is 1. The van der Waals surface area contributed by atoms with Gasteiger partial charge in [-0.25, -0.2) is 4.98 Å². The number of anilines is 1. The standard InChI is InChI=1S/C32H44N2O5/c33-32-19-25-14-11-23(7-5-17-35)6-4-10-29(38-22-26(25)21-34-32)20-27(36)15-12-24-13-16-30(37)31(18-24)39-28-8-2-1-3-9-28/h13,16,18-19,21,23,27-29,35-37H,1-10,12,15,17,20,22H2,(H2,33,34)/t23-,27-,29-/m1/s1. The Kier molecular flexibility index (Phi) is 11.3. The zero-order valence-electron chi connectivity index (χ0n) is 23.0. The van der Waals surface area contributed by atoms with Crippen molar-refractivity contribution in [1.29, 1.82) is 0 Å². The summed E-state index contributed by atoms with van der Waals surface area (Å²) in [4.78, 5) is 4.23. The molecule has 1 fully saturated rings. The van der Waals surface area contributed by atoms with Crippen molar-refractivity contribution in [1.82, 2.24) is 4.98 Å². The Balaban J connectivity index is 1.35. The lowest BCUT2D eigenvalue weighted by Crippen LogP contribution is -2.22. The van der Waals surface area contributed by atoms with Crippen molar-refractivity contribution in [3.63, 3.8) is 0 Å². The van der Waals surface area contributed by atoms with E-state index < -0.39 is 6.10 Å². The number of hydrogen-bond donors (Lipinski definition) is 4. The third-order valence-corrected chi connectivity index (χ3v) is 7.85. The van der Waals surface area contributed by atoms with Gasteiger partial charge in [0, 0.05) is 29.8 Å². The van der Waals surface area contributed by atoms with Gasteiger partial charge in [0.15, 0.2) is 11.5 Å². The van der Waals surface area contributed by atoms with E-state index in [0.29, 0.717) is 37.4 Å². The van der Waals surface area contributed by atoms with Crippen LogP contribution in [0, 0.1) is 17.8 Å². The van der Waals surface area contributed by atoms with Crippen LogP contribution in [0.4, 0.5) is 5.82 Å². The van der Waals surface area contributed by atoms with Gasteiger partial charge in [-0.1, -0.05) is 24.3 Å². The number of hydrogen-bond acceptors (Lipinski definition) is 7. The van der Waals surface area contributed by atoms with Gasteiger partial charge in [-0.05, 0) is 101 Å². The molecule has 1 aliphatic heterocycles. The Morgan fingerprint density at radius 1 is 1.10 bits per heavy atom. The number of fused-ring (bicyclic) bond motifs is 1. The number of aliphatic hydroxyl groups is 2. The Morgan fingerprint density at radius 3 is 2.77 bits per heavy atom. The number of nitrogens with zero attached hydrogens (tertiary/aromatic N) is 1. The quantitative estimate of drug-likeness (QED) is 0.305. The molecule has 0 amide bonds. The lowest BCUT2D eigenvalue weighted by atomic mass is 9.94. The second-order valence-electron chi connectivity index (χ2n) is 11.1. The van der Waals surface area contributed by atoms with Gasteiger partial charge in [0.05, 0.1) is 24.9 Å². The maximum Gasteiger partial charge on any atom is 0.161 e. The van der Waals surface area contributed by atoms with Crippen LogP contribution in [0.25, 0.3) is 0 Å². The molecule has 4 rings (SSSR count). The molecule has 7 nitrogen and oxygen atoms in total. The summed E-state index contributed by atoms with van der Waals surface area (Å²) < 4.78 is 12.4. The number of phenols is 1. The number of phenolic OH excluding ortho intramolecular Hbond substituents is 1. The minimum atomic E-state index is -0.512. The van der Waals surface area contributed by atoms with Crippen molar-refractivity contribution in [2.75, 3.05) is 12.3 Å². The van der Waals surface area contributed by atoms with Crippen molar-refractivity contribution in [3.05, 3.63) is 47.2 Å². The van der Waals surface area contributed by atoms with Gasteiger partial charge >= 0.3 is 0 Å². The highest BCUT2D eigenvalue weighted by Gasteiger charge is 2.20. The monoisotopic (exact) mass is 536 g/mol. The average molecular weight is 537 g/mol. The van der Waals surface area contributed by atoms with Gasteiger partial charge in [0.1, 0.15) is 5.82 Å². The van der Waals surface area contributed by atoms with Crippen LogP contribution in [0.3, 0.4) is 0 Å². The highest BCUT2D eigenvalue weighted by atomic mass is 16.5. The van der Waals surface area contributed by atoms with Gasteiger partial charge in [-0.2, -0.15) is 0 Å². The molecule has 0 saturated heterocycles. The Hall–Kier alpha value is -2.79. The second kappa shape index (κ2) is 15.1. The summed E-state index contributed by atoms with van der Waals surface area (Å²) >= 11 is 0. The molecule has 1 aliphatic carbocycles. The summed E-state index contributed by atoms with van der Waals surface area (Å²) in [6, 6.07) is 7.31. The summed E-state index contributed by atoms with van der Waals surface area (Å²) in [7, 11) is 0. The van der Waals surface area contributed by atoms with E-state index in [1.165, 1.54) is 19.3 Å². The number of ether oxygens (including phenoxy) is 2. The third kappa shape index (κ3) is 9.42. The number of nitrogen functional groups attached to an aromatic ring is 1. The van der Waals surface area contributed by atoms with Crippen molar-refractivity contribution in [2.45, 2.75) is 108 Å². The van der Waals surface area contributed by atoms with Crippen LogP contribution < -0.4 is 10.5 Å². The molecule has 2 aromatic rings. The minimum absolute atomic E-state index is 0.0907.